The Bertz CT molecular complexity index is 946. The maximum atomic E-state index is 12.9. The second kappa shape index (κ2) is 7.58. The van der Waals surface area contributed by atoms with Crippen LogP contribution < -0.4 is 9.62 Å². The molecule has 0 radical (unpaired) electrons. The summed E-state index contributed by atoms with van der Waals surface area (Å²) in [5.74, 6) is -1.12. The second-order valence-corrected chi connectivity index (χ2v) is 8.25. The Labute approximate surface area is 158 Å². The average Bonchev–Trinajstić information content (AvgIpc) is 2.61. The lowest BCUT2D eigenvalue weighted by Gasteiger charge is -2.30. The predicted octanol–water partition coefficient (Wildman–Crippen LogP) is 2.64. The standard InChI is InChI=1S/C19H22N2O5S/c1-13-9-14(2)11-16(10-13)27(24,25)20-17-12-15(19(22)23)3-4-18(17)21-5-7-26-8-6-21/h3-4,9-12,20H,5-8H2,1-2H3,(H,22,23). The van der Waals surface area contributed by atoms with Crippen LogP contribution in [0.3, 0.4) is 0 Å². The number of aryl methyl sites for hydroxylation is 2. The fourth-order valence-electron chi connectivity index (χ4n) is 3.12. The van der Waals surface area contributed by atoms with Crippen molar-refractivity contribution >= 4 is 27.4 Å². The molecular formula is C19H22N2O5S. The van der Waals surface area contributed by atoms with Gasteiger partial charge in [-0.3, -0.25) is 4.72 Å². The molecule has 0 aliphatic carbocycles. The van der Waals surface area contributed by atoms with Crippen LogP contribution in [0.25, 0.3) is 0 Å². The van der Waals surface area contributed by atoms with Gasteiger partial charge in [0.25, 0.3) is 10.0 Å². The van der Waals surface area contributed by atoms with Crippen molar-refractivity contribution < 1.29 is 23.1 Å². The van der Waals surface area contributed by atoms with E-state index in [1.54, 1.807) is 18.2 Å². The minimum atomic E-state index is -3.86. The van der Waals surface area contributed by atoms with E-state index in [1.807, 2.05) is 24.8 Å². The molecule has 0 spiro atoms. The van der Waals surface area contributed by atoms with Crippen LogP contribution in [-0.4, -0.2) is 45.8 Å². The third-order valence-electron chi connectivity index (χ3n) is 4.35. The van der Waals surface area contributed by atoms with E-state index in [-0.39, 0.29) is 16.1 Å². The molecule has 2 aromatic rings. The fourth-order valence-corrected chi connectivity index (χ4v) is 4.38. The molecule has 27 heavy (non-hydrogen) atoms. The number of morpholine rings is 1. The van der Waals surface area contributed by atoms with Crippen LogP contribution in [0, 0.1) is 13.8 Å². The number of carboxylic acids is 1. The van der Waals surface area contributed by atoms with Crippen LogP contribution in [0.15, 0.2) is 41.3 Å². The zero-order chi connectivity index (χ0) is 19.6. The van der Waals surface area contributed by atoms with Gasteiger partial charge >= 0.3 is 5.97 Å². The first-order valence-corrected chi connectivity index (χ1v) is 10.1. The topological polar surface area (TPSA) is 95.9 Å². The molecule has 144 valence electrons. The van der Waals surface area contributed by atoms with Gasteiger partial charge in [-0.1, -0.05) is 6.07 Å². The van der Waals surface area contributed by atoms with Crippen molar-refractivity contribution in [3.05, 3.63) is 53.1 Å². The highest BCUT2D eigenvalue weighted by Crippen LogP contribution is 2.30. The Balaban J connectivity index is 2.02. The van der Waals surface area contributed by atoms with Gasteiger partial charge in [0.2, 0.25) is 0 Å². The zero-order valence-corrected chi connectivity index (χ0v) is 16.0. The zero-order valence-electron chi connectivity index (χ0n) is 15.2. The molecule has 1 aliphatic heterocycles. The third kappa shape index (κ3) is 4.40. The van der Waals surface area contributed by atoms with E-state index in [0.717, 1.165) is 11.1 Å². The molecule has 2 aromatic carbocycles. The Morgan fingerprint density at radius 3 is 2.30 bits per heavy atom. The Hall–Kier alpha value is -2.58. The van der Waals surface area contributed by atoms with Crippen molar-refractivity contribution in [2.75, 3.05) is 35.9 Å². The summed E-state index contributed by atoms with van der Waals surface area (Å²) in [5.41, 5.74) is 2.57. The number of ether oxygens (including phenoxy) is 1. The predicted molar refractivity (Wildman–Crippen MR) is 103 cm³/mol. The number of nitrogens with zero attached hydrogens (tertiary/aromatic N) is 1. The molecule has 0 atom stereocenters. The van der Waals surface area contributed by atoms with Gasteiger partial charge in [-0.2, -0.15) is 0 Å². The summed E-state index contributed by atoms with van der Waals surface area (Å²) in [5, 5.41) is 9.29. The molecular weight excluding hydrogens is 368 g/mol. The number of sulfonamides is 1. The number of benzene rings is 2. The Morgan fingerprint density at radius 2 is 1.70 bits per heavy atom. The quantitative estimate of drug-likeness (QED) is 0.815. The van der Waals surface area contributed by atoms with E-state index in [1.165, 1.54) is 12.1 Å². The van der Waals surface area contributed by atoms with Crippen molar-refractivity contribution in [3.63, 3.8) is 0 Å². The summed E-state index contributed by atoms with van der Waals surface area (Å²) in [6.45, 7) is 5.93. The Morgan fingerprint density at radius 1 is 1.07 bits per heavy atom. The normalized spacial score (nSPS) is 14.8. The molecule has 1 aliphatic rings. The number of carboxylic acid groups (broad SMARTS) is 1. The first-order chi connectivity index (χ1) is 12.8. The summed E-state index contributed by atoms with van der Waals surface area (Å²) in [6.07, 6.45) is 0. The molecule has 0 amide bonds. The van der Waals surface area contributed by atoms with Crippen molar-refractivity contribution in [3.8, 4) is 0 Å². The van der Waals surface area contributed by atoms with Crippen LogP contribution in [0.5, 0.6) is 0 Å². The van der Waals surface area contributed by atoms with Gasteiger partial charge < -0.3 is 14.7 Å². The molecule has 0 bridgehead atoms. The summed E-state index contributed by atoms with van der Waals surface area (Å²) in [7, 11) is -3.86. The molecule has 2 N–H and O–H groups in total. The van der Waals surface area contributed by atoms with Crippen LogP contribution in [-0.2, 0) is 14.8 Å². The van der Waals surface area contributed by atoms with Crippen LogP contribution in [0.1, 0.15) is 21.5 Å². The van der Waals surface area contributed by atoms with Gasteiger partial charge in [-0.15, -0.1) is 0 Å². The van der Waals surface area contributed by atoms with Crippen LogP contribution in [0.4, 0.5) is 11.4 Å². The lowest BCUT2D eigenvalue weighted by molar-refractivity contribution is 0.0697. The number of hydrogen-bond donors (Lipinski definition) is 2. The first-order valence-electron chi connectivity index (χ1n) is 8.57. The van der Waals surface area contributed by atoms with Crippen molar-refractivity contribution in [2.24, 2.45) is 0 Å². The summed E-state index contributed by atoms with van der Waals surface area (Å²) < 4.78 is 33.8. The third-order valence-corrected chi connectivity index (χ3v) is 5.69. The molecule has 0 saturated carbocycles. The summed E-state index contributed by atoms with van der Waals surface area (Å²) in [6, 6.07) is 9.53. The van der Waals surface area contributed by atoms with E-state index in [4.69, 9.17) is 4.74 Å². The fraction of sp³-hybridized carbons (Fsp3) is 0.316. The average molecular weight is 390 g/mol. The molecule has 7 nitrogen and oxygen atoms in total. The summed E-state index contributed by atoms with van der Waals surface area (Å²) >= 11 is 0. The van der Waals surface area contributed by atoms with Crippen molar-refractivity contribution in [2.45, 2.75) is 18.7 Å². The minimum Gasteiger partial charge on any atom is -0.478 e. The maximum absolute atomic E-state index is 12.9. The Kier molecular flexibility index (Phi) is 5.38. The molecule has 0 unspecified atom stereocenters. The molecule has 1 fully saturated rings. The number of aromatic carboxylic acids is 1. The van der Waals surface area contributed by atoms with Gasteiger partial charge in [0.05, 0.1) is 35.0 Å². The monoisotopic (exact) mass is 390 g/mol. The summed E-state index contributed by atoms with van der Waals surface area (Å²) in [4.78, 5) is 13.5. The van der Waals surface area contributed by atoms with Gasteiger partial charge in [-0.05, 0) is 55.3 Å². The SMILES string of the molecule is Cc1cc(C)cc(S(=O)(=O)Nc2cc(C(=O)O)ccc2N2CCOCC2)c1. The van der Waals surface area contributed by atoms with Crippen LogP contribution in [0.2, 0.25) is 0 Å². The molecule has 0 aromatic heterocycles. The number of hydrogen-bond acceptors (Lipinski definition) is 5. The van der Waals surface area contributed by atoms with E-state index >= 15 is 0 Å². The number of rotatable bonds is 5. The van der Waals surface area contributed by atoms with Crippen molar-refractivity contribution in [1.29, 1.82) is 0 Å². The smallest absolute Gasteiger partial charge is 0.335 e. The molecule has 1 saturated heterocycles. The highest BCUT2D eigenvalue weighted by atomic mass is 32.2. The van der Waals surface area contributed by atoms with Gasteiger partial charge in [0, 0.05) is 13.1 Å². The van der Waals surface area contributed by atoms with Crippen LogP contribution >= 0.6 is 0 Å². The number of nitrogens with one attached hydrogen (secondary N) is 1. The highest BCUT2D eigenvalue weighted by molar-refractivity contribution is 7.92. The highest BCUT2D eigenvalue weighted by Gasteiger charge is 2.21. The maximum Gasteiger partial charge on any atom is 0.335 e. The van der Waals surface area contributed by atoms with E-state index in [9.17, 15) is 18.3 Å². The first kappa shape index (κ1) is 19.2. The van der Waals surface area contributed by atoms with Gasteiger partial charge in [0.15, 0.2) is 0 Å². The van der Waals surface area contributed by atoms with Gasteiger partial charge in [0.1, 0.15) is 0 Å². The number of carbonyl (C=O) groups is 1. The van der Waals surface area contributed by atoms with E-state index in [0.29, 0.717) is 32.0 Å². The lowest BCUT2D eigenvalue weighted by atomic mass is 10.1. The molecule has 8 heteroatoms. The van der Waals surface area contributed by atoms with Gasteiger partial charge in [-0.25, -0.2) is 13.2 Å². The van der Waals surface area contributed by atoms with E-state index in [2.05, 4.69) is 4.72 Å². The second-order valence-electron chi connectivity index (χ2n) is 6.57. The number of anilines is 2. The minimum absolute atomic E-state index is 0.0186. The molecule has 1 heterocycles. The van der Waals surface area contributed by atoms with Crippen molar-refractivity contribution in [1.82, 2.24) is 0 Å². The largest absolute Gasteiger partial charge is 0.478 e. The molecule has 3 rings (SSSR count). The lowest BCUT2D eigenvalue weighted by Crippen LogP contribution is -2.36. The van der Waals surface area contributed by atoms with E-state index < -0.39 is 16.0 Å².